The summed E-state index contributed by atoms with van der Waals surface area (Å²) < 4.78 is 0. The number of hydrogen-bond acceptors (Lipinski definition) is 4. The Balaban J connectivity index is 3.05. The molecule has 0 aliphatic rings. The Morgan fingerprint density at radius 3 is 2.35 bits per heavy atom. The second kappa shape index (κ2) is 5.39. The fourth-order valence-corrected chi connectivity index (χ4v) is 1.42. The van der Waals surface area contributed by atoms with Gasteiger partial charge in [0.25, 0.3) is 0 Å². The van der Waals surface area contributed by atoms with Gasteiger partial charge in [0.1, 0.15) is 5.76 Å². The largest absolute Gasteiger partial charge is 0.510 e. The Bertz CT molecular complexity index is 498. The zero-order valence-electron chi connectivity index (χ0n) is 10.5. The molecular formula is C13H16N2O2. The van der Waals surface area contributed by atoms with Crippen LogP contribution in [0, 0.1) is 13.8 Å². The minimum Gasteiger partial charge on any atom is -0.510 e. The van der Waals surface area contributed by atoms with Gasteiger partial charge in [-0.2, -0.15) is 5.11 Å². The number of azo groups is 1. The number of aliphatic hydroxyl groups excluding tert-OH is 1. The lowest BCUT2D eigenvalue weighted by atomic mass is 10.1. The first-order chi connectivity index (χ1) is 7.91. The zero-order valence-corrected chi connectivity index (χ0v) is 10.5. The Morgan fingerprint density at radius 2 is 1.88 bits per heavy atom. The fraction of sp³-hybridized carbons (Fsp3) is 0.308. The molecule has 0 fully saturated rings. The highest BCUT2D eigenvalue weighted by Gasteiger charge is 2.06. The van der Waals surface area contributed by atoms with Gasteiger partial charge in [0, 0.05) is 6.92 Å². The molecule has 4 heteroatoms. The van der Waals surface area contributed by atoms with Crippen LogP contribution >= 0.6 is 0 Å². The van der Waals surface area contributed by atoms with E-state index in [9.17, 15) is 9.90 Å². The fourth-order valence-electron chi connectivity index (χ4n) is 1.42. The van der Waals surface area contributed by atoms with Crippen LogP contribution in [0.2, 0.25) is 0 Å². The number of benzene rings is 1. The van der Waals surface area contributed by atoms with Gasteiger partial charge >= 0.3 is 0 Å². The molecule has 0 unspecified atom stereocenters. The van der Waals surface area contributed by atoms with Gasteiger partial charge in [-0.15, -0.1) is 5.11 Å². The molecule has 1 aromatic rings. The highest BCUT2D eigenvalue weighted by molar-refractivity contribution is 5.93. The van der Waals surface area contributed by atoms with Crippen LogP contribution in [0.25, 0.3) is 0 Å². The van der Waals surface area contributed by atoms with Gasteiger partial charge in [-0.05, 0) is 32.4 Å². The quantitative estimate of drug-likeness (QED) is 0.490. The van der Waals surface area contributed by atoms with E-state index < -0.39 is 0 Å². The molecule has 90 valence electrons. The Hall–Kier alpha value is -1.97. The molecule has 1 rings (SSSR count). The zero-order chi connectivity index (χ0) is 13.0. The van der Waals surface area contributed by atoms with Crippen molar-refractivity contribution in [2.75, 3.05) is 0 Å². The number of aliphatic hydroxyl groups is 1. The number of aryl methyl sites for hydroxylation is 2. The van der Waals surface area contributed by atoms with Crippen molar-refractivity contribution in [3.8, 4) is 0 Å². The molecule has 0 saturated carbocycles. The summed E-state index contributed by atoms with van der Waals surface area (Å²) in [5.74, 6) is -0.426. The molecule has 0 bridgehead atoms. The van der Waals surface area contributed by atoms with E-state index in [4.69, 9.17) is 0 Å². The smallest absolute Gasteiger partial charge is 0.183 e. The number of hydrogen-bond donors (Lipinski definition) is 1. The number of ketones is 1. The van der Waals surface area contributed by atoms with Crippen LogP contribution in [-0.4, -0.2) is 10.9 Å². The molecule has 0 amide bonds. The first-order valence-electron chi connectivity index (χ1n) is 5.31. The monoisotopic (exact) mass is 232 g/mol. The molecule has 0 aliphatic carbocycles. The number of Topliss-reactive ketones (excluding diaryl/α,β-unsaturated/α-hetero) is 1. The van der Waals surface area contributed by atoms with Gasteiger partial charge in [-0.3, -0.25) is 4.79 Å². The third kappa shape index (κ3) is 3.52. The summed E-state index contributed by atoms with van der Waals surface area (Å²) in [5, 5.41) is 17.0. The maximum atomic E-state index is 11.2. The first-order valence-corrected chi connectivity index (χ1v) is 5.31. The van der Waals surface area contributed by atoms with Crippen molar-refractivity contribution in [1.29, 1.82) is 0 Å². The maximum absolute atomic E-state index is 11.2. The highest BCUT2D eigenvalue weighted by Crippen LogP contribution is 2.21. The second-order valence-electron chi connectivity index (χ2n) is 3.98. The van der Waals surface area contributed by atoms with E-state index in [1.807, 2.05) is 32.0 Å². The molecule has 1 aromatic carbocycles. The van der Waals surface area contributed by atoms with Crippen LogP contribution in [0.5, 0.6) is 0 Å². The molecular weight excluding hydrogens is 216 g/mol. The summed E-state index contributed by atoms with van der Waals surface area (Å²) >= 11 is 0. The molecule has 0 aliphatic heterocycles. The average Bonchev–Trinajstić information content (AvgIpc) is 2.20. The van der Waals surface area contributed by atoms with Gasteiger partial charge in [0.05, 0.1) is 5.69 Å². The van der Waals surface area contributed by atoms with Crippen molar-refractivity contribution in [1.82, 2.24) is 0 Å². The topological polar surface area (TPSA) is 62.0 Å². The normalized spacial score (nSPS) is 12.7. The Morgan fingerprint density at radius 1 is 1.24 bits per heavy atom. The van der Waals surface area contributed by atoms with E-state index in [0.29, 0.717) is 5.69 Å². The van der Waals surface area contributed by atoms with Gasteiger partial charge in [-0.25, -0.2) is 0 Å². The van der Waals surface area contributed by atoms with Gasteiger partial charge in [0.15, 0.2) is 11.5 Å². The number of carbonyl (C=O) groups is 1. The van der Waals surface area contributed by atoms with E-state index in [1.54, 1.807) is 0 Å². The molecule has 0 atom stereocenters. The molecule has 0 spiro atoms. The van der Waals surface area contributed by atoms with E-state index in [0.717, 1.165) is 11.1 Å². The van der Waals surface area contributed by atoms with Crippen molar-refractivity contribution < 1.29 is 9.90 Å². The third-order valence-electron chi connectivity index (χ3n) is 2.29. The van der Waals surface area contributed by atoms with Crippen LogP contribution in [0.3, 0.4) is 0 Å². The van der Waals surface area contributed by atoms with Crippen molar-refractivity contribution in [3.05, 3.63) is 40.8 Å². The molecule has 0 heterocycles. The van der Waals surface area contributed by atoms with Gasteiger partial charge in [-0.1, -0.05) is 17.7 Å². The highest BCUT2D eigenvalue weighted by atomic mass is 16.3. The molecule has 0 radical (unpaired) electrons. The molecule has 1 N–H and O–H groups in total. The summed E-state index contributed by atoms with van der Waals surface area (Å²) in [7, 11) is 0. The van der Waals surface area contributed by atoms with Crippen LogP contribution in [0.4, 0.5) is 5.69 Å². The van der Waals surface area contributed by atoms with Crippen LogP contribution in [0.15, 0.2) is 39.9 Å². The van der Waals surface area contributed by atoms with E-state index in [-0.39, 0.29) is 17.2 Å². The summed E-state index contributed by atoms with van der Waals surface area (Å²) in [6, 6.07) is 5.74. The minimum absolute atomic E-state index is 0.00928. The number of carbonyl (C=O) groups excluding carboxylic acids is 1. The minimum atomic E-state index is -0.307. The van der Waals surface area contributed by atoms with Gasteiger partial charge < -0.3 is 5.11 Å². The summed E-state index contributed by atoms with van der Waals surface area (Å²) in [5.41, 5.74) is 2.80. The lowest BCUT2D eigenvalue weighted by Crippen LogP contribution is -1.96. The average molecular weight is 232 g/mol. The van der Waals surface area contributed by atoms with E-state index in [1.165, 1.54) is 13.8 Å². The van der Waals surface area contributed by atoms with Gasteiger partial charge in [0.2, 0.25) is 0 Å². The predicted molar refractivity (Wildman–Crippen MR) is 66.4 cm³/mol. The maximum Gasteiger partial charge on any atom is 0.183 e. The summed E-state index contributed by atoms with van der Waals surface area (Å²) in [4.78, 5) is 11.2. The SMILES string of the molecule is CC(=O)C(N=Nc1ccc(C)cc1C)=C(C)O. The number of nitrogens with zero attached hydrogens (tertiary/aromatic N) is 2. The van der Waals surface area contributed by atoms with E-state index >= 15 is 0 Å². The summed E-state index contributed by atoms with van der Waals surface area (Å²) in [6.45, 7) is 6.67. The molecule has 4 nitrogen and oxygen atoms in total. The van der Waals surface area contributed by atoms with Crippen LogP contribution in [0.1, 0.15) is 25.0 Å². The number of rotatable bonds is 3. The predicted octanol–water partition coefficient (Wildman–Crippen LogP) is 3.77. The van der Waals surface area contributed by atoms with Crippen LogP contribution < -0.4 is 0 Å². The lowest BCUT2D eigenvalue weighted by Gasteiger charge is -2.01. The van der Waals surface area contributed by atoms with E-state index in [2.05, 4.69) is 10.2 Å². The van der Waals surface area contributed by atoms with Crippen molar-refractivity contribution in [3.63, 3.8) is 0 Å². The third-order valence-corrected chi connectivity index (χ3v) is 2.29. The standard InChI is InChI=1S/C13H16N2O2/c1-8-5-6-12(9(2)7-8)14-15-13(10(3)16)11(4)17/h5-7,16H,1-4H3. The van der Waals surface area contributed by atoms with Crippen molar-refractivity contribution in [2.24, 2.45) is 10.2 Å². The second-order valence-corrected chi connectivity index (χ2v) is 3.98. The first kappa shape index (κ1) is 13.1. The molecule has 0 aromatic heterocycles. The molecule has 17 heavy (non-hydrogen) atoms. The van der Waals surface area contributed by atoms with Crippen LogP contribution in [-0.2, 0) is 4.79 Å². The Kier molecular flexibility index (Phi) is 4.15. The van der Waals surface area contributed by atoms with Crippen molar-refractivity contribution in [2.45, 2.75) is 27.7 Å². The number of allylic oxidation sites excluding steroid dienone is 2. The van der Waals surface area contributed by atoms with Crippen molar-refractivity contribution >= 4 is 11.5 Å². The summed E-state index contributed by atoms with van der Waals surface area (Å²) in [6.07, 6.45) is 0. The Labute approximate surface area is 101 Å². The molecule has 0 saturated heterocycles. The lowest BCUT2D eigenvalue weighted by molar-refractivity contribution is -0.113.